The lowest BCUT2D eigenvalue weighted by molar-refractivity contribution is -0.116. The number of likely N-dealkylation sites (tertiary alicyclic amines) is 1. The normalized spacial score (nSPS) is 18.3. The van der Waals surface area contributed by atoms with Crippen molar-refractivity contribution < 1.29 is 4.79 Å². The van der Waals surface area contributed by atoms with Gasteiger partial charge < -0.3 is 0 Å². The third kappa shape index (κ3) is 3.10. The van der Waals surface area contributed by atoms with Gasteiger partial charge in [-0.15, -0.1) is 11.3 Å². The molecular weight excluding hydrogens is 322 g/mol. The maximum absolute atomic E-state index is 11.5. The van der Waals surface area contributed by atoms with Crippen LogP contribution in [0.15, 0.2) is 5.38 Å². The van der Waals surface area contributed by atoms with Crippen LogP contribution in [0.5, 0.6) is 0 Å². The molecule has 1 atom stereocenters. The number of amides is 1. The lowest BCUT2D eigenvalue weighted by Crippen LogP contribution is -2.25. The van der Waals surface area contributed by atoms with E-state index in [1.165, 1.54) is 29.0 Å². The number of thiazole rings is 1. The van der Waals surface area contributed by atoms with Crippen LogP contribution in [0.1, 0.15) is 48.5 Å². The fourth-order valence-corrected chi connectivity index (χ4v) is 4.31. The average molecular weight is 347 g/mol. The molecule has 3 rings (SSSR count). The van der Waals surface area contributed by atoms with Crippen molar-refractivity contribution >= 4 is 22.4 Å². The van der Waals surface area contributed by atoms with Gasteiger partial charge in [0.05, 0.1) is 11.4 Å². The molecule has 0 bridgehead atoms. The van der Waals surface area contributed by atoms with E-state index in [0.717, 1.165) is 36.0 Å². The van der Waals surface area contributed by atoms with E-state index in [9.17, 15) is 4.79 Å². The lowest BCUT2D eigenvalue weighted by Gasteiger charge is -2.24. The van der Waals surface area contributed by atoms with Crippen molar-refractivity contribution in [1.82, 2.24) is 19.7 Å². The van der Waals surface area contributed by atoms with Crippen LogP contribution < -0.4 is 4.90 Å². The summed E-state index contributed by atoms with van der Waals surface area (Å²) in [7, 11) is 3.78. The molecule has 1 fully saturated rings. The van der Waals surface area contributed by atoms with Crippen molar-refractivity contribution in [2.75, 3.05) is 18.5 Å². The Morgan fingerprint density at radius 3 is 2.83 bits per heavy atom. The minimum absolute atomic E-state index is 0.0107. The van der Waals surface area contributed by atoms with Crippen LogP contribution in [0.25, 0.3) is 0 Å². The molecule has 0 spiro atoms. The number of carbonyl (C=O) groups excluding carboxylic acids is 1. The van der Waals surface area contributed by atoms with Crippen molar-refractivity contribution in [2.45, 2.75) is 46.2 Å². The zero-order chi connectivity index (χ0) is 17.4. The Morgan fingerprint density at radius 2 is 2.21 bits per heavy atom. The van der Waals surface area contributed by atoms with E-state index in [1.54, 1.807) is 18.9 Å². The first kappa shape index (κ1) is 17.1. The number of hydrogen-bond donors (Lipinski definition) is 0. The molecule has 1 aliphatic heterocycles. The van der Waals surface area contributed by atoms with Gasteiger partial charge in [0.25, 0.3) is 0 Å². The van der Waals surface area contributed by atoms with Crippen LogP contribution >= 0.6 is 11.3 Å². The highest BCUT2D eigenvalue weighted by molar-refractivity contribution is 7.14. The summed E-state index contributed by atoms with van der Waals surface area (Å²) in [6.45, 7) is 7.70. The number of hydrogen-bond acceptors (Lipinski definition) is 5. The quantitative estimate of drug-likeness (QED) is 0.853. The third-order valence-corrected chi connectivity index (χ3v) is 5.89. The van der Waals surface area contributed by atoms with Crippen LogP contribution in [-0.4, -0.2) is 39.2 Å². The van der Waals surface area contributed by atoms with Gasteiger partial charge in [-0.2, -0.15) is 5.10 Å². The molecule has 1 amide bonds. The smallest absolute Gasteiger partial charge is 0.225 e. The van der Waals surface area contributed by atoms with Crippen molar-refractivity contribution in [2.24, 2.45) is 7.05 Å². The highest BCUT2D eigenvalue weighted by Crippen LogP contribution is 2.36. The molecule has 1 unspecified atom stereocenters. The monoisotopic (exact) mass is 347 g/mol. The molecule has 0 aliphatic carbocycles. The summed E-state index contributed by atoms with van der Waals surface area (Å²) >= 11 is 1.53. The van der Waals surface area contributed by atoms with E-state index >= 15 is 0 Å². The molecule has 1 aliphatic rings. The van der Waals surface area contributed by atoms with E-state index in [1.807, 2.05) is 11.7 Å². The first-order chi connectivity index (χ1) is 11.4. The van der Waals surface area contributed by atoms with Crippen LogP contribution in [0.3, 0.4) is 0 Å². The standard InChI is InChI=1S/C17H25N5OS/c1-11-16(12(2)21(5)19-11)15-7-6-8-22(15)9-14-10-24-17(18-14)20(4)13(3)23/h10,15H,6-9H2,1-5H3. The zero-order valence-electron chi connectivity index (χ0n) is 15.0. The third-order valence-electron chi connectivity index (χ3n) is 4.93. The predicted octanol–water partition coefficient (Wildman–Crippen LogP) is 2.81. The summed E-state index contributed by atoms with van der Waals surface area (Å²) in [4.78, 5) is 20.2. The number of anilines is 1. The fourth-order valence-electron chi connectivity index (χ4n) is 3.48. The number of nitrogens with zero attached hydrogens (tertiary/aromatic N) is 5. The summed E-state index contributed by atoms with van der Waals surface area (Å²) in [6, 6.07) is 0.411. The van der Waals surface area contributed by atoms with E-state index in [-0.39, 0.29) is 5.91 Å². The second-order valence-corrected chi connectivity index (χ2v) is 7.37. The maximum atomic E-state index is 11.5. The first-order valence-corrected chi connectivity index (χ1v) is 9.19. The fraction of sp³-hybridized carbons (Fsp3) is 0.588. The number of rotatable bonds is 4. The second-order valence-electron chi connectivity index (χ2n) is 6.54. The molecule has 0 N–H and O–H groups in total. The van der Waals surface area contributed by atoms with Crippen LogP contribution in [0.4, 0.5) is 5.13 Å². The van der Waals surface area contributed by atoms with Gasteiger partial charge in [-0.25, -0.2) is 4.98 Å². The Morgan fingerprint density at radius 1 is 1.46 bits per heavy atom. The Bertz CT molecular complexity index is 750. The molecule has 1 saturated heterocycles. The van der Waals surface area contributed by atoms with Crippen LogP contribution in [-0.2, 0) is 18.4 Å². The Labute approximate surface area is 147 Å². The molecule has 6 nitrogen and oxygen atoms in total. The van der Waals surface area contributed by atoms with Crippen molar-refractivity contribution in [3.8, 4) is 0 Å². The first-order valence-electron chi connectivity index (χ1n) is 8.31. The summed E-state index contributed by atoms with van der Waals surface area (Å²) in [5.74, 6) is 0.0107. The lowest BCUT2D eigenvalue weighted by atomic mass is 10.0. The zero-order valence-corrected chi connectivity index (χ0v) is 15.9. The molecule has 2 aromatic rings. The predicted molar refractivity (Wildman–Crippen MR) is 96.3 cm³/mol. The Balaban J connectivity index is 1.78. The molecule has 2 aromatic heterocycles. The van der Waals surface area contributed by atoms with Gasteiger partial charge in [0, 0.05) is 50.2 Å². The molecule has 130 valence electrons. The van der Waals surface area contributed by atoms with Gasteiger partial charge in [-0.3, -0.25) is 19.3 Å². The molecule has 3 heterocycles. The number of aromatic nitrogens is 3. The highest BCUT2D eigenvalue weighted by Gasteiger charge is 2.30. The van der Waals surface area contributed by atoms with Crippen LogP contribution in [0.2, 0.25) is 0 Å². The van der Waals surface area contributed by atoms with Gasteiger partial charge >= 0.3 is 0 Å². The molecule has 0 saturated carbocycles. The molecule has 24 heavy (non-hydrogen) atoms. The molecule has 0 aromatic carbocycles. The number of carbonyl (C=O) groups is 1. The van der Waals surface area contributed by atoms with Crippen molar-refractivity contribution in [3.05, 3.63) is 28.0 Å². The van der Waals surface area contributed by atoms with Gasteiger partial charge in [0.15, 0.2) is 5.13 Å². The van der Waals surface area contributed by atoms with Gasteiger partial charge in [0.2, 0.25) is 5.91 Å². The minimum atomic E-state index is 0.0107. The summed E-state index contributed by atoms with van der Waals surface area (Å²) in [6.07, 6.45) is 2.36. The largest absolute Gasteiger partial charge is 0.292 e. The Kier molecular flexibility index (Phi) is 4.73. The average Bonchev–Trinajstić information content (AvgIpc) is 3.21. The summed E-state index contributed by atoms with van der Waals surface area (Å²) in [5.41, 5.74) is 4.78. The van der Waals surface area contributed by atoms with Crippen molar-refractivity contribution in [3.63, 3.8) is 0 Å². The topological polar surface area (TPSA) is 54.3 Å². The SMILES string of the molecule is CC(=O)N(C)c1nc(CN2CCCC2c2c(C)nn(C)c2C)cs1. The second kappa shape index (κ2) is 6.64. The maximum Gasteiger partial charge on any atom is 0.225 e. The Hall–Kier alpha value is -1.73. The van der Waals surface area contributed by atoms with E-state index in [4.69, 9.17) is 0 Å². The van der Waals surface area contributed by atoms with E-state index in [0.29, 0.717) is 6.04 Å². The molecular formula is C17H25N5OS. The summed E-state index contributed by atoms with van der Waals surface area (Å²) in [5, 5.41) is 7.40. The highest BCUT2D eigenvalue weighted by atomic mass is 32.1. The number of aryl methyl sites for hydroxylation is 2. The van der Waals surface area contributed by atoms with E-state index in [2.05, 4.69) is 34.2 Å². The van der Waals surface area contributed by atoms with Gasteiger partial charge in [0.1, 0.15) is 0 Å². The summed E-state index contributed by atoms with van der Waals surface area (Å²) < 4.78 is 1.98. The van der Waals surface area contributed by atoms with Crippen LogP contribution in [0, 0.1) is 13.8 Å². The van der Waals surface area contributed by atoms with Crippen molar-refractivity contribution in [1.29, 1.82) is 0 Å². The van der Waals surface area contributed by atoms with E-state index < -0.39 is 0 Å². The molecule has 7 heteroatoms. The van der Waals surface area contributed by atoms with Gasteiger partial charge in [-0.1, -0.05) is 0 Å². The van der Waals surface area contributed by atoms with Gasteiger partial charge in [-0.05, 0) is 33.2 Å². The molecule has 0 radical (unpaired) electrons. The minimum Gasteiger partial charge on any atom is -0.292 e.